The molecule has 1 amide bonds. The molecule has 0 saturated carbocycles. The van der Waals surface area contributed by atoms with E-state index in [0.717, 1.165) is 10.9 Å². The fourth-order valence-electron chi connectivity index (χ4n) is 2.28. The topological polar surface area (TPSA) is 56.3 Å². The highest BCUT2D eigenvalue weighted by atomic mass is 16.3. The standard InChI is InChI=1S/C13H14N2O2/c1-13(17)7-15(8-13)12(16)11-6-9-4-2-3-5-10(9)14-11/h2-6,14,17H,7-8H2,1H3. The summed E-state index contributed by atoms with van der Waals surface area (Å²) in [6, 6.07) is 9.64. The van der Waals surface area contributed by atoms with Crippen LogP contribution in [0, 0.1) is 0 Å². The molecular formula is C13H14N2O2. The van der Waals surface area contributed by atoms with E-state index < -0.39 is 5.60 Å². The quantitative estimate of drug-likeness (QED) is 0.777. The van der Waals surface area contributed by atoms with Crippen molar-refractivity contribution in [2.24, 2.45) is 0 Å². The van der Waals surface area contributed by atoms with Gasteiger partial charge in [-0.3, -0.25) is 4.79 Å². The third-order valence-electron chi connectivity index (χ3n) is 3.11. The minimum Gasteiger partial charge on any atom is -0.386 e. The van der Waals surface area contributed by atoms with Gasteiger partial charge >= 0.3 is 0 Å². The summed E-state index contributed by atoms with van der Waals surface area (Å²) in [5.74, 6) is -0.0484. The molecule has 1 aliphatic heterocycles. The molecule has 17 heavy (non-hydrogen) atoms. The van der Waals surface area contributed by atoms with Gasteiger partial charge in [-0.05, 0) is 19.1 Å². The summed E-state index contributed by atoms with van der Waals surface area (Å²) < 4.78 is 0. The van der Waals surface area contributed by atoms with E-state index in [1.54, 1.807) is 11.8 Å². The first kappa shape index (κ1) is 10.4. The van der Waals surface area contributed by atoms with Gasteiger partial charge in [-0.15, -0.1) is 0 Å². The van der Waals surface area contributed by atoms with Crippen molar-refractivity contribution in [3.63, 3.8) is 0 Å². The number of carbonyl (C=O) groups is 1. The molecule has 0 spiro atoms. The summed E-state index contributed by atoms with van der Waals surface area (Å²) in [7, 11) is 0. The molecule has 3 rings (SSSR count). The molecule has 0 radical (unpaired) electrons. The third-order valence-corrected chi connectivity index (χ3v) is 3.11. The van der Waals surface area contributed by atoms with Gasteiger partial charge in [-0.25, -0.2) is 0 Å². The van der Waals surface area contributed by atoms with Gasteiger partial charge in [0.25, 0.3) is 5.91 Å². The normalized spacial score (nSPS) is 18.1. The predicted molar refractivity (Wildman–Crippen MR) is 64.8 cm³/mol. The molecule has 0 unspecified atom stereocenters. The highest BCUT2D eigenvalue weighted by molar-refractivity contribution is 5.98. The second kappa shape index (κ2) is 3.34. The van der Waals surface area contributed by atoms with E-state index in [4.69, 9.17) is 0 Å². The zero-order valence-corrected chi connectivity index (χ0v) is 9.60. The lowest BCUT2D eigenvalue weighted by Crippen LogP contribution is -2.61. The van der Waals surface area contributed by atoms with Crippen LogP contribution >= 0.6 is 0 Å². The zero-order valence-electron chi connectivity index (χ0n) is 9.60. The summed E-state index contributed by atoms with van der Waals surface area (Å²) >= 11 is 0. The number of para-hydroxylation sites is 1. The molecule has 1 aliphatic rings. The van der Waals surface area contributed by atoms with Crippen LogP contribution in [0.15, 0.2) is 30.3 Å². The maximum atomic E-state index is 12.1. The molecule has 2 aromatic rings. The lowest BCUT2D eigenvalue weighted by molar-refractivity contribution is -0.0670. The number of benzene rings is 1. The van der Waals surface area contributed by atoms with Crippen molar-refractivity contribution in [3.8, 4) is 0 Å². The van der Waals surface area contributed by atoms with E-state index in [0.29, 0.717) is 18.8 Å². The van der Waals surface area contributed by atoms with E-state index in [1.807, 2.05) is 30.3 Å². The number of nitrogens with one attached hydrogen (secondary N) is 1. The number of aromatic nitrogens is 1. The molecule has 0 bridgehead atoms. The van der Waals surface area contributed by atoms with Crippen LogP contribution in [0.5, 0.6) is 0 Å². The van der Waals surface area contributed by atoms with Gasteiger partial charge in [0.1, 0.15) is 5.69 Å². The maximum absolute atomic E-state index is 12.1. The molecule has 0 atom stereocenters. The fraction of sp³-hybridized carbons (Fsp3) is 0.308. The zero-order chi connectivity index (χ0) is 12.0. The van der Waals surface area contributed by atoms with Gasteiger partial charge in [-0.1, -0.05) is 18.2 Å². The van der Waals surface area contributed by atoms with Crippen molar-refractivity contribution in [1.82, 2.24) is 9.88 Å². The van der Waals surface area contributed by atoms with Crippen LogP contribution in [-0.2, 0) is 0 Å². The Morgan fingerprint density at radius 2 is 2.12 bits per heavy atom. The number of H-pyrrole nitrogens is 1. The predicted octanol–water partition coefficient (Wildman–Crippen LogP) is 1.37. The van der Waals surface area contributed by atoms with Crippen LogP contribution in [0.2, 0.25) is 0 Å². The Bertz CT molecular complexity index is 545. The molecule has 1 aromatic carbocycles. The van der Waals surface area contributed by atoms with Crippen molar-refractivity contribution in [1.29, 1.82) is 0 Å². The highest BCUT2D eigenvalue weighted by Gasteiger charge is 2.39. The Morgan fingerprint density at radius 3 is 2.76 bits per heavy atom. The van der Waals surface area contributed by atoms with Crippen molar-refractivity contribution >= 4 is 16.8 Å². The van der Waals surface area contributed by atoms with Gasteiger partial charge in [-0.2, -0.15) is 0 Å². The molecule has 88 valence electrons. The molecule has 1 fully saturated rings. The van der Waals surface area contributed by atoms with Crippen LogP contribution in [0.25, 0.3) is 10.9 Å². The van der Waals surface area contributed by atoms with Crippen LogP contribution in [0.3, 0.4) is 0 Å². The van der Waals surface area contributed by atoms with Crippen LogP contribution in [0.4, 0.5) is 0 Å². The number of fused-ring (bicyclic) bond motifs is 1. The maximum Gasteiger partial charge on any atom is 0.270 e. The summed E-state index contributed by atoms with van der Waals surface area (Å²) in [6.45, 7) is 2.55. The Balaban J connectivity index is 1.87. The number of rotatable bonds is 1. The van der Waals surface area contributed by atoms with Crippen LogP contribution < -0.4 is 0 Å². The molecule has 2 N–H and O–H groups in total. The van der Waals surface area contributed by atoms with E-state index in [1.165, 1.54) is 0 Å². The summed E-state index contributed by atoms with van der Waals surface area (Å²) in [5.41, 5.74) is 0.826. The number of amides is 1. The monoisotopic (exact) mass is 230 g/mol. The van der Waals surface area contributed by atoms with Gasteiger partial charge in [0.15, 0.2) is 0 Å². The van der Waals surface area contributed by atoms with Gasteiger partial charge in [0.05, 0.1) is 18.7 Å². The van der Waals surface area contributed by atoms with E-state index in [9.17, 15) is 9.90 Å². The van der Waals surface area contributed by atoms with Gasteiger partial charge in [0, 0.05) is 10.9 Å². The summed E-state index contributed by atoms with van der Waals surface area (Å²) in [4.78, 5) is 16.8. The SMILES string of the molecule is CC1(O)CN(C(=O)c2cc3ccccc3[nH]2)C1. The molecule has 2 heterocycles. The smallest absolute Gasteiger partial charge is 0.270 e. The van der Waals surface area contributed by atoms with Crippen LogP contribution in [0.1, 0.15) is 17.4 Å². The molecule has 4 heteroatoms. The largest absolute Gasteiger partial charge is 0.386 e. The summed E-state index contributed by atoms with van der Waals surface area (Å²) in [6.07, 6.45) is 0. The first-order valence-electron chi connectivity index (χ1n) is 5.65. The highest BCUT2D eigenvalue weighted by Crippen LogP contribution is 2.23. The number of likely N-dealkylation sites (tertiary alicyclic amines) is 1. The first-order valence-corrected chi connectivity index (χ1v) is 5.65. The van der Waals surface area contributed by atoms with Crippen molar-refractivity contribution in [3.05, 3.63) is 36.0 Å². The van der Waals surface area contributed by atoms with Crippen LogP contribution in [-0.4, -0.2) is 39.6 Å². The molecule has 4 nitrogen and oxygen atoms in total. The lowest BCUT2D eigenvalue weighted by Gasteiger charge is -2.43. The Kier molecular flexibility index (Phi) is 2.03. The van der Waals surface area contributed by atoms with Gasteiger partial charge in [0.2, 0.25) is 0 Å². The van der Waals surface area contributed by atoms with E-state index >= 15 is 0 Å². The first-order chi connectivity index (χ1) is 8.05. The molecule has 1 saturated heterocycles. The van der Waals surface area contributed by atoms with Crippen molar-refractivity contribution in [2.45, 2.75) is 12.5 Å². The number of carbonyl (C=O) groups excluding carboxylic acids is 1. The minimum atomic E-state index is -0.721. The minimum absolute atomic E-state index is 0.0484. The third kappa shape index (κ3) is 1.70. The van der Waals surface area contributed by atoms with E-state index in [2.05, 4.69) is 4.98 Å². The Labute approximate surface area is 98.9 Å². The molecule has 0 aliphatic carbocycles. The lowest BCUT2D eigenvalue weighted by atomic mass is 9.96. The number of aliphatic hydroxyl groups is 1. The Hall–Kier alpha value is -1.81. The Morgan fingerprint density at radius 1 is 1.41 bits per heavy atom. The van der Waals surface area contributed by atoms with Crippen molar-refractivity contribution < 1.29 is 9.90 Å². The average Bonchev–Trinajstić information content (AvgIpc) is 2.68. The summed E-state index contributed by atoms with van der Waals surface area (Å²) in [5, 5.41) is 10.6. The second-order valence-electron chi connectivity index (χ2n) is 4.93. The number of hydrogen-bond acceptors (Lipinski definition) is 2. The van der Waals surface area contributed by atoms with Gasteiger partial charge < -0.3 is 15.0 Å². The van der Waals surface area contributed by atoms with Crippen molar-refractivity contribution in [2.75, 3.05) is 13.1 Å². The second-order valence-corrected chi connectivity index (χ2v) is 4.93. The number of hydrogen-bond donors (Lipinski definition) is 2. The molecular weight excluding hydrogens is 216 g/mol. The average molecular weight is 230 g/mol. The number of aromatic amines is 1. The number of β-amino-alcohol motifs (C(OH)–C–C–N with tert-alkyl or cyclic N) is 1. The number of nitrogens with zero attached hydrogens (tertiary/aromatic N) is 1. The van der Waals surface area contributed by atoms with E-state index in [-0.39, 0.29) is 5.91 Å². The molecule has 1 aromatic heterocycles. The fourth-order valence-corrected chi connectivity index (χ4v) is 2.28.